The molecule has 142 valence electrons. The van der Waals surface area contributed by atoms with Crippen LogP contribution in [-0.4, -0.2) is 35.8 Å². The van der Waals surface area contributed by atoms with E-state index in [4.69, 9.17) is 4.74 Å². The van der Waals surface area contributed by atoms with Crippen LogP contribution in [0, 0.1) is 6.92 Å². The number of aromatic amines is 1. The Morgan fingerprint density at radius 2 is 2.04 bits per heavy atom. The van der Waals surface area contributed by atoms with Gasteiger partial charge in [0, 0.05) is 29.7 Å². The number of fused-ring (bicyclic) bond motifs is 1. The van der Waals surface area contributed by atoms with E-state index in [0.717, 1.165) is 37.6 Å². The van der Waals surface area contributed by atoms with Crippen molar-refractivity contribution < 1.29 is 9.53 Å². The van der Waals surface area contributed by atoms with Gasteiger partial charge in [-0.05, 0) is 70.1 Å². The molecule has 0 bridgehead atoms. The van der Waals surface area contributed by atoms with E-state index < -0.39 is 0 Å². The van der Waals surface area contributed by atoms with E-state index >= 15 is 0 Å². The number of nitrogens with one attached hydrogen (secondary N) is 3. The highest BCUT2D eigenvalue weighted by molar-refractivity contribution is 5.86. The first-order valence-electron chi connectivity index (χ1n) is 9.78. The molecule has 0 atom stereocenters. The first kappa shape index (κ1) is 18.8. The lowest BCUT2D eigenvalue weighted by Crippen LogP contribution is -2.45. The number of ether oxygens (including phenoxy) is 1. The minimum Gasteiger partial charge on any atom is -0.376 e. The monoisotopic (exact) mass is 357 g/mol. The van der Waals surface area contributed by atoms with Crippen molar-refractivity contribution >= 4 is 16.9 Å². The normalized spacial score (nSPS) is 20.5. The standard InChI is InChI=1S/C21H31N3O2/c1-14(2)26-18-9-7-17(8-10-18)24-21(25)22-12-11-16-13-23-19-6-4-5-15(3)20(16)19/h4-6,13-14,17-18,23H,7-12H2,1-3H3,(H2,22,24,25). The first-order valence-corrected chi connectivity index (χ1v) is 9.78. The molecule has 3 rings (SSSR count). The Labute approximate surface area is 155 Å². The summed E-state index contributed by atoms with van der Waals surface area (Å²) in [7, 11) is 0. The van der Waals surface area contributed by atoms with E-state index in [1.807, 2.05) is 6.20 Å². The van der Waals surface area contributed by atoms with Gasteiger partial charge in [0.05, 0.1) is 12.2 Å². The predicted molar refractivity (Wildman–Crippen MR) is 106 cm³/mol. The topological polar surface area (TPSA) is 66.2 Å². The third-order valence-corrected chi connectivity index (χ3v) is 5.15. The number of carbonyl (C=O) groups excluding carboxylic acids is 1. The summed E-state index contributed by atoms with van der Waals surface area (Å²) >= 11 is 0. The molecular weight excluding hydrogens is 326 g/mol. The van der Waals surface area contributed by atoms with Crippen LogP contribution in [0.15, 0.2) is 24.4 Å². The van der Waals surface area contributed by atoms with Crippen LogP contribution in [0.4, 0.5) is 4.79 Å². The van der Waals surface area contributed by atoms with Gasteiger partial charge in [-0.2, -0.15) is 0 Å². The van der Waals surface area contributed by atoms with Crippen molar-refractivity contribution in [3.63, 3.8) is 0 Å². The van der Waals surface area contributed by atoms with Gasteiger partial charge < -0.3 is 20.4 Å². The minimum absolute atomic E-state index is 0.0604. The molecule has 5 heteroatoms. The molecule has 1 aromatic heterocycles. The Bertz CT molecular complexity index is 730. The van der Waals surface area contributed by atoms with Crippen molar-refractivity contribution in [2.24, 2.45) is 0 Å². The van der Waals surface area contributed by atoms with E-state index in [0.29, 0.717) is 12.6 Å². The predicted octanol–water partition coefficient (Wildman–Crippen LogP) is 4.05. The van der Waals surface area contributed by atoms with Gasteiger partial charge in [0.25, 0.3) is 0 Å². The average molecular weight is 357 g/mol. The Morgan fingerprint density at radius 1 is 1.27 bits per heavy atom. The molecule has 2 aromatic rings. The molecule has 1 heterocycles. The van der Waals surface area contributed by atoms with E-state index in [-0.39, 0.29) is 18.2 Å². The van der Waals surface area contributed by atoms with Gasteiger partial charge in [-0.25, -0.2) is 4.79 Å². The maximum absolute atomic E-state index is 12.2. The summed E-state index contributed by atoms with van der Waals surface area (Å²) in [6, 6.07) is 6.47. The molecule has 0 saturated heterocycles. The van der Waals surface area contributed by atoms with Crippen LogP contribution >= 0.6 is 0 Å². The summed E-state index contributed by atoms with van der Waals surface area (Å²) in [5.74, 6) is 0. The summed E-state index contributed by atoms with van der Waals surface area (Å²) in [5.41, 5.74) is 3.68. The lowest BCUT2D eigenvalue weighted by molar-refractivity contribution is -0.0155. The largest absolute Gasteiger partial charge is 0.376 e. The van der Waals surface area contributed by atoms with Crippen molar-refractivity contribution in [3.05, 3.63) is 35.5 Å². The molecule has 1 aromatic carbocycles. The summed E-state index contributed by atoms with van der Waals surface area (Å²) in [6.45, 7) is 6.91. The number of amides is 2. The number of rotatable bonds is 6. The van der Waals surface area contributed by atoms with Crippen molar-refractivity contribution in [2.45, 2.75) is 71.1 Å². The Morgan fingerprint density at radius 3 is 2.77 bits per heavy atom. The van der Waals surface area contributed by atoms with Gasteiger partial charge in [-0.1, -0.05) is 12.1 Å². The van der Waals surface area contributed by atoms with Crippen molar-refractivity contribution in [1.82, 2.24) is 15.6 Å². The molecular formula is C21H31N3O2. The van der Waals surface area contributed by atoms with Crippen LogP contribution in [0.5, 0.6) is 0 Å². The van der Waals surface area contributed by atoms with Gasteiger partial charge >= 0.3 is 6.03 Å². The van der Waals surface area contributed by atoms with E-state index in [1.54, 1.807) is 0 Å². The number of H-pyrrole nitrogens is 1. The molecule has 1 aliphatic carbocycles. The second kappa shape index (κ2) is 8.58. The molecule has 0 radical (unpaired) electrons. The van der Waals surface area contributed by atoms with Gasteiger partial charge in [-0.15, -0.1) is 0 Å². The molecule has 0 aliphatic heterocycles. The fourth-order valence-electron chi connectivity index (χ4n) is 3.92. The Hall–Kier alpha value is -2.01. The zero-order valence-electron chi connectivity index (χ0n) is 16.1. The number of hydrogen-bond donors (Lipinski definition) is 3. The van der Waals surface area contributed by atoms with E-state index in [2.05, 4.69) is 54.6 Å². The number of benzene rings is 1. The Kier molecular flexibility index (Phi) is 6.20. The van der Waals surface area contributed by atoms with Gasteiger partial charge in [0.15, 0.2) is 0 Å². The number of aryl methyl sites for hydroxylation is 1. The number of hydrogen-bond acceptors (Lipinski definition) is 2. The molecule has 1 fully saturated rings. The molecule has 3 N–H and O–H groups in total. The minimum atomic E-state index is -0.0604. The summed E-state index contributed by atoms with van der Waals surface area (Å²) < 4.78 is 5.86. The second-order valence-corrected chi connectivity index (χ2v) is 7.62. The molecule has 2 amide bonds. The Balaban J connectivity index is 1.41. The van der Waals surface area contributed by atoms with Gasteiger partial charge in [-0.3, -0.25) is 0 Å². The van der Waals surface area contributed by atoms with Crippen molar-refractivity contribution in [2.75, 3.05) is 6.54 Å². The zero-order valence-corrected chi connectivity index (χ0v) is 16.1. The second-order valence-electron chi connectivity index (χ2n) is 7.62. The quantitative estimate of drug-likeness (QED) is 0.730. The van der Waals surface area contributed by atoms with Gasteiger partial charge in [0.2, 0.25) is 0 Å². The van der Waals surface area contributed by atoms with E-state index in [1.165, 1.54) is 16.5 Å². The highest BCUT2D eigenvalue weighted by atomic mass is 16.5. The van der Waals surface area contributed by atoms with E-state index in [9.17, 15) is 4.79 Å². The highest BCUT2D eigenvalue weighted by Gasteiger charge is 2.23. The van der Waals surface area contributed by atoms with Crippen LogP contribution in [0.25, 0.3) is 10.9 Å². The van der Waals surface area contributed by atoms with Crippen LogP contribution < -0.4 is 10.6 Å². The molecule has 0 unspecified atom stereocenters. The van der Waals surface area contributed by atoms with Crippen LogP contribution in [0.2, 0.25) is 0 Å². The SMILES string of the molecule is Cc1cccc2[nH]cc(CCNC(=O)NC3CCC(OC(C)C)CC3)c12. The molecule has 1 aliphatic rings. The van der Waals surface area contributed by atoms with Crippen molar-refractivity contribution in [1.29, 1.82) is 0 Å². The third-order valence-electron chi connectivity index (χ3n) is 5.15. The lowest BCUT2D eigenvalue weighted by atomic mass is 9.93. The summed E-state index contributed by atoms with van der Waals surface area (Å²) in [4.78, 5) is 15.5. The van der Waals surface area contributed by atoms with Crippen LogP contribution in [-0.2, 0) is 11.2 Å². The molecule has 26 heavy (non-hydrogen) atoms. The zero-order chi connectivity index (χ0) is 18.5. The fourth-order valence-corrected chi connectivity index (χ4v) is 3.92. The molecule has 1 saturated carbocycles. The average Bonchev–Trinajstić information content (AvgIpc) is 3.01. The first-order chi connectivity index (χ1) is 12.5. The van der Waals surface area contributed by atoms with Crippen molar-refractivity contribution in [3.8, 4) is 0 Å². The van der Waals surface area contributed by atoms with Gasteiger partial charge in [0.1, 0.15) is 0 Å². The molecule has 5 nitrogen and oxygen atoms in total. The van der Waals surface area contributed by atoms with Crippen LogP contribution in [0.1, 0.15) is 50.7 Å². The third kappa shape index (κ3) is 4.79. The maximum atomic E-state index is 12.2. The molecule has 0 spiro atoms. The summed E-state index contributed by atoms with van der Waals surface area (Å²) in [6.07, 6.45) is 7.54. The number of aromatic nitrogens is 1. The number of urea groups is 1. The van der Waals surface area contributed by atoms with Crippen LogP contribution in [0.3, 0.4) is 0 Å². The smallest absolute Gasteiger partial charge is 0.315 e. The summed E-state index contributed by atoms with van der Waals surface area (Å²) in [5, 5.41) is 7.38. The number of carbonyl (C=O) groups is 1. The fraction of sp³-hybridized carbons (Fsp3) is 0.571. The maximum Gasteiger partial charge on any atom is 0.315 e. The lowest BCUT2D eigenvalue weighted by Gasteiger charge is -2.30. The highest BCUT2D eigenvalue weighted by Crippen LogP contribution is 2.23.